The highest BCUT2D eigenvalue weighted by Crippen LogP contribution is 2.34. The number of piperazine rings is 1. The van der Waals surface area contributed by atoms with Crippen molar-refractivity contribution in [2.45, 2.75) is 53.3 Å². The Kier molecular flexibility index (Phi) is 11.4. The zero-order valence-electron chi connectivity index (χ0n) is 25.3. The third kappa shape index (κ3) is 9.14. The number of nitrogens with one attached hydrogen (secondary N) is 2. The fourth-order valence-electron chi connectivity index (χ4n) is 4.84. The predicted molar refractivity (Wildman–Crippen MR) is 168 cm³/mol. The van der Waals surface area contributed by atoms with Crippen molar-refractivity contribution in [3.8, 4) is 11.4 Å². The van der Waals surface area contributed by atoms with Gasteiger partial charge in [-0.2, -0.15) is 13.2 Å². The predicted octanol–water partition coefficient (Wildman–Crippen LogP) is 7.35. The molecule has 1 aromatic carbocycles. The number of halogens is 4. The van der Waals surface area contributed by atoms with Gasteiger partial charge in [0.1, 0.15) is 17.0 Å². The van der Waals surface area contributed by atoms with Crippen LogP contribution in [0.4, 0.5) is 18.9 Å². The first-order chi connectivity index (χ1) is 20.5. The van der Waals surface area contributed by atoms with Crippen LogP contribution in [0.2, 0.25) is 5.02 Å². The molecule has 0 bridgehead atoms. The number of rotatable bonds is 9. The van der Waals surface area contributed by atoms with Crippen LogP contribution in [0.15, 0.2) is 48.8 Å². The van der Waals surface area contributed by atoms with Crippen molar-refractivity contribution in [2.75, 3.05) is 44.2 Å². The van der Waals surface area contributed by atoms with Gasteiger partial charge in [-0.3, -0.25) is 9.88 Å². The second kappa shape index (κ2) is 15.0. The number of aromatic nitrogens is 4. The monoisotopic (exact) mass is 615 g/mol. The molecule has 0 spiro atoms. The fraction of sp³-hybridized carbons (Fsp3) is 0.469. The highest BCUT2D eigenvalue weighted by Gasteiger charge is 2.32. The smallest absolute Gasteiger partial charge is 0.366 e. The molecule has 1 aliphatic rings. The van der Waals surface area contributed by atoms with Crippen molar-refractivity contribution in [3.05, 3.63) is 70.6 Å². The van der Waals surface area contributed by atoms with Crippen LogP contribution in [0.1, 0.15) is 50.4 Å². The molecule has 0 aliphatic carbocycles. The molecule has 1 fully saturated rings. The Morgan fingerprint density at radius 2 is 1.70 bits per heavy atom. The lowest BCUT2D eigenvalue weighted by Crippen LogP contribution is -2.46. The van der Waals surface area contributed by atoms with Crippen molar-refractivity contribution in [1.29, 1.82) is 0 Å². The number of fused-ring (bicyclic) bond motifs is 1. The molecule has 11 heteroatoms. The number of alkyl halides is 3. The highest BCUT2D eigenvalue weighted by atomic mass is 35.5. The number of H-pyrrole nitrogens is 1. The molecule has 0 unspecified atom stereocenters. The number of anilines is 1. The van der Waals surface area contributed by atoms with Crippen molar-refractivity contribution in [2.24, 2.45) is 5.92 Å². The summed E-state index contributed by atoms with van der Waals surface area (Å²) in [7, 11) is 0. The summed E-state index contributed by atoms with van der Waals surface area (Å²) in [5.41, 5.74) is 4.29. The first kappa shape index (κ1) is 32.7. The van der Waals surface area contributed by atoms with Crippen molar-refractivity contribution >= 4 is 28.5 Å². The number of imidazole rings is 1. The van der Waals surface area contributed by atoms with E-state index in [4.69, 9.17) is 11.6 Å². The van der Waals surface area contributed by atoms with Gasteiger partial charge in [0.15, 0.2) is 5.65 Å². The standard InChI is InChI=1S/C24H22ClF3N6.C8H19N/c1-15-2-5-17(6-3-15)22-31-20-21(18(25)13-30-23(20)32-22)34-10-8-33(9-11-34)14-16-4-7-19(29-12-16)24(26,27)28;1-4-6-9-7-5-8(2)3/h2-7,12-13H,8-11,14H2,1H3,(H,30,31,32);8-9H,4-7H2,1-3H3. The molecule has 4 aromatic rings. The highest BCUT2D eigenvalue weighted by molar-refractivity contribution is 6.34. The second-order valence-corrected chi connectivity index (χ2v) is 11.8. The maximum atomic E-state index is 12.7. The molecular formula is C32H41ClF3N7. The molecular weight excluding hydrogens is 575 g/mol. The first-order valence-corrected chi connectivity index (χ1v) is 15.2. The number of hydrogen-bond acceptors (Lipinski definition) is 6. The van der Waals surface area contributed by atoms with E-state index >= 15 is 0 Å². The molecule has 0 saturated carbocycles. The van der Waals surface area contributed by atoms with Crippen LogP contribution in [0.25, 0.3) is 22.6 Å². The fourth-order valence-corrected chi connectivity index (χ4v) is 5.11. The van der Waals surface area contributed by atoms with Crippen LogP contribution < -0.4 is 10.2 Å². The van der Waals surface area contributed by atoms with E-state index in [0.717, 1.165) is 53.2 Å². The first-order valence-electron chi connectivity index (χ1n) is 14.9. The van der Waals surface area contributed by atoms with E-state index in [2.05, 4.69) is 55.8 Å². The lowest BCUT2D eigenvalue weighted by Gasteiger charge is -2.36. The summed E-state index contributed by atoms with van der Waals surface area (Å²) in [6.45, 7) is 14.6. The minimum absolute atomic E-state index is 0.542. The van der Waals surface area contributed by atoms with E-state index in [0.29, 0.717) is 30.3 Å². The zero-order chi connectivity index (χ0) is 31.0. The summed E-state index contributed by atoms with van der Waals surface area (Å²) >= 11 is 6.56. The lowest BCUT2D eigenvalue weighted by molar-refractivity contribution is -0.141. The molecule has 5 rings (SSSR count). The Bertz CT molecular complexity index is 1430. The number of benzene rings is 1. The number of aromatic amines is 1. The van der Waals surface area contributed by atoms with Gasteiger partial charge >= 0.3 is 6.18 Å². The lowest BCUT2D eigenvalue weighted by atomic mass is 10.1. The number of hydrogen-bond donors (Lipinski definition) is 2. The summed E-state index contributed by atoms with van der Waals surface area (Å²) in [5, 5.41) is 3.91. The molecule has 3 aromatic heterocycles. The van der Waals surface area contributed by atoms with Gasteiger partial charge in [0.25, 0.3) is 0 Å². The number of nitrogens with zero attached hydrogens (tertiary/aromatic N) is 5. The van der Waals surface area contributed by atoms with Crippen LogP contribution in [-0.2, 0) is 12.7 Å². The van der Waals surface area contributed by atoms with Crippen LogP contribution in [0.3, 0.4) is 0 Å². The van der Waals surface area contributed by atoms with Crippen molar-refractivity contribution < 1.29 is 13.2 Å². The molecule has 7 nitrogen and oxygen atoms in total. The Balaban J connectivity index is 0.000000410. The minimum atomic E-state index is -4.43. The normalized spacial score (nSPS) is 14.3. The molecule has 43 heavy (non-hydrogen) atoms. The maximum Gasteiger partial charge on any atom is 0.433 e. The summed E-state index contributed by atoms with van der Waals surface area (Å²) in [4.78, 5) is 20.4. The molecule has 4 heterocycles. The van der Waals surface area contributed by atoms with Crippen LogP contribution in [0, 0.1) is 12.8 Å². The Morgan fingerprint density at radius 1 is 0.977 bits per heavy atom. The zero-order valence-corrected chi connectivity index (χ0v) is 26.1. The summed E-state index contributed by atoms with van der Waals surface area (Å²) in [5.74, 6) is 1.58. The maximum absolute atomic E-state index is 12.7. The average molecular weight is 616 g/mol. The summed E-state index contributed by atoms with van der Waals surface area (Å²) < 4.78 is 38.2. The van der Waals surface area contributed by atoms with Crippen molar-refractivity contribution in [1.82, 2.24) is 30.2 Å². The van der Waals surface area contributed by atoms with Gasteiger partial charge in [0.05, 0.1) is 16.9 Å². The average Bonchev–Trinajstić information content (AvgIpc) is 3.41. The Morgan fingerprint density at radius 3 is 2.30 bits per heavy atom. The van der Waals surface area contributed by atoms with Crippen molar-refractivity contribution in [3.63, 3.8) is 0 Å². The minimum Gasteiger partial charge on any atom is -0.366 e. The largest absolute Gasteiger partial charge is 0.433 e. The van der Waals surface area contributed by atoms with E-state index in [9.17, 15) is 13.2 Å². The Hall–Kier alpha value is -3.21. The molecule has 1 aliphatic heterocycles. The van der Waals surface area contributed by atoms with E-state index in [1.807, 2.05) is 31.2 Å². The molecule has 0 atom stereocenters. The quantitative estimate of drug-likeness (QED) is 0.192. The Labute approximate surface area is 256 Å². The van der Waals surface area contributed by atoms with Gasteiger partial charge in [-0.25, -0.2) is 9.97 Å². The van der Waals surface area contributed by atoms with E-state index in [1.165, 1.54) is 43.8 Å². The number of pyridine rings is 2. The SMILES string of the molecule is CCCNCCC(C)C.Cc1ccc(-c2nc3ncc(Cl)c(N4CCN(Cc5ccc(C(F)(F)F)nc5)CC4)c3[nH]2)cc1. The topological polar surface area (TPSA) is 73.0 Å². The number of aryl methyl sites for hydroxylation is 1. The molecule has 2 N–H and O–H groups in total. The molecule has 0 amide bonds. The summed E-state index contributed by atoms with van der Waals surface area (Å²) in [6, 6.07) is 10.6. The van der Waals surface area contributed by atoms with Gasteiger partial charge < -0.3 is 15.2 Å². The van der Waals surface area contributed by atoms with E-state index in [-0.39, 0.29) is 0 Å². The molecule has 232 valence electrons. The second-order valence-electron chi connectivity index (χ2n) is 11.3. The van der Waals surface area contributed by atoms with Gasteiger partial charge in [-0.05, 0) is 50.4 Å². The van der Waals surface area contributed by atoms with Gasteiger partial charge in [-0.15, -0.1) is 0 Å². The van der Waals surface area contributed by atoms with Gasteiger partial charge in [0.2, 0.25) is 0 Å². The van der Waals surface area contributed by atoms with Crippen LogP contribution in [-0.4, -0.2) is 64.1 Å². The third-order valence-electron chi connectivity index (χ3n) is 7.31. The summed E-state index contributed by atoms with van der Waals surface area (Å²) in [6.07, 6.45) is 1.05. The van der Waals surface area contributed by atoms with E-state index < -0.39 is 11.9 Å². The third-order valence-corrected chi connectivity index (χ3v) is 7.58. The van der Waals surface area contributed by atoms with Crippen LogP contribution in [0.5, 0.6) is 0 Å². The molecule has 1 saturated heterocycles. The van der Waals surface area contributed by atoms with Gasteiger partial charge in [-0.1, -0.05) is 68.3 Å². The molecule has 0 radical (unpaired) electrons. The van der Waals surface area contributed by atoms with Crippen LogP contribution >= 0.6 is 11.6 Å². The van der Waals surface area contributed by atoms with E-state index in [1.54, 1.807) is 6.20 Å². The van der Waals surface area contributed by atoms with Gasteiger partial charge in [0, 0.05) is 44.5 Å².